The maximum Gasteiger partial charge on any atom is 0.310 e. The average molecular weight is 225 g/mol. The number of piperidine rings is 1. The van der Waals surface area contributed by atoms with Crippen LogP contribution in [-0.2, 0) is 9.53 Å². The smallest absolute Gasteiger partial charge is 0.310 e. The summed E-state index contributed by atoms with van der Waals surface area (Å²) in [5, 5.41) is 3.25. The molecular weight excluding hydrogens is 202 g/mol. The minimum atomic E-state index is 0.0257. The molecule has 1 atom stereocenters. The number of rotatable bonds is 3. The Balaban J connectivity index is 1.65. The molecule has 1 heterocycles. The number of hydrogen-bond acceptors (Lipinski definition) is 3. The van der Waals surface area contributed by atoms with E-state index in [1.807, 2.05) is 0 Å². The molecule has 1 saturated carbocycles. The number of ether oxygens (including phenoxy) is 1. The summed E-state index contributed by atoms with van der Waals surface area (Å²) >= 11 is 0. The van der Waals surface area contributed by atoms with Gasteiger partial charge in [0.15, 0.2) is 0 Å². The molecule has 0 bridgehead atoms. The zero-order chi connectivity index (χ0) is 11.2. The van der Waals surface area contributed by atoms with E-state index in [0.717, 1.165) is 25.9 Å². The third-order valence-electron chi connectivity index (χ3n) is 3.82. The van der Waals surface area contributed by atoms with E-state index in [1.165, 1.54) is 32.1 Å². The standard InChI is InChI=1S/C13H23NO2/c15-13(12-7-4-8-14-9-12)16-10-11-5-2-1-3-6-11/h11-12,14H,1-10H2/t12-/m0/s1. The van der Waals surface area contributed by atoms with Crippen LogP contribution in [0.15, 0.2) is 0 Å². The van der Waals surface area contributed by atoms with E-state index < -0.39 is 0 Å². The summed E-state index contributed by atoms with van der Waals surface area (Å²) in [4.78, 5) is 11.8. The van der Waals surface area contributed by atoms with Gasteiger partial charge in [-0.3, -0.25) is 4.79 Å². The Morgan fingerprint density at radius 3 is 2.62 bits per heavy atom. The summed E-state index contributed by atoms with van der Waals surface area (Å²) in [5.74, 6) is 0.768. The van der Waals surface area contributed by atoms with E-state index in [1.54, 1.807) is 0 Å². The second-order valence-electron chi connectivity index (χ2n) is 5.18. The fourth-order valence-corrected chi connectivity index (χ4v) is 2.72. The minimum Gasteiger partial charge on any atom is -0.465 e. The van der Waals surface area contributed by atoms with Crippen molar-refractivity contribution in [3.8, 4) is 0 Å². The van der Waals surface area contributed by atoms with Gasteiger partial charge in [0.1, 0.15) is 0 Å². The molecule has 2 fully saturated rings. The van der Waals surface area contributed by atoms with Crippen LogP contribution in [-0.4, -0.2) is 25.7 Å². The lowest BCUT2D eigenvalue weighted by Crippen LogP contribution is -2.36. The molecule has 1 saturated heterocycles. The first-order valence-electron chi connectivity index (χ1n) is 6.73. The Morgan fingerprint density at radius 1 is 1.12 bits per heavy atom. The van der Waals surface area contributed by atoms with Gasteiger partial charge >= 0.3 is 5.97 Å². The Kier molecular flexibility index (Phi) is 4.64. The molecule has 0 radical (unpaired) electrons. The first kappa shape index (κ1) is 11.9. The molecule has 92 valence electrons. The van der Waals surface area contributed by atoms with Crippen molar-refractivity contribution in [2.45, 2.75) is 44.9 Å². The summed E-state index contributed by atoms with van der Waals surface area (Å²) in [7, 11) is 0. The molecule has 0 aromatic rings. The van der Waals surface area contributed by atoms with Gasteiger partial charge in [-0.25, -0.2) is 0 Å². The predicted molar refractivity (Wildman–Crippen MR) is 63.1 cm³/mol. The fourth-order valence-electron chi connectivity index (χ4n) is 2.72. The molecule has 2 rings (SSSR count). The summed E-state index contributed by atoms with van der Waals surface area (Å²) < 4.78 is 5.44. The van der Waals surface area contributed by atoms with Gasteiger partial charge in [0.2, 0.25) is 0 Å². The van der Waals surface area contributed by atoms with Crippen LogP contribution in [0.3, 0.4) is 0 Å². The molecule has 1 aliphatic carbocycles. The van der Waals surface area contributed by atoms with E-state index in [9.17, 15) is 4.79 Å². The van der Waals surface area contributed by atoms with Gasteiger partial charge in [-0.05, 0) is 38.1 Å². The number of carbonyl (C=O) groups is 1. The maximum atomic E-state index is 11.8. The predicted octanol–water partition coefficient (Wildman–Crippen LogP) is 2.11. The topological polar surface area (TPSA) is 38.3 Å². The molecule has 0 aromatic carbocycles. The number of esters is 1. The van der Waals surface area contributed by atoms with Crippen molar-refractivity contribution in [3.05, 3.63) is 0 Å². The molecular formula is C13H23NO2. The van der Waals surface area contributed by atoms with Crippen molar-refractivity contribution in [2.24, 2.45) is 11.8 Å². The molecule has 16 heavy (non-hydrogen) atoms. The first-order chi connectivity index (χ1) is 7.86. The van der Waals surface area contributed by atoms with Crippen LogP contribution in [0.25, 0.3) is 0 Å². The first-order valence-corrected chi connectivity index (χ1v) is 6.73. The van der Waals surface area contributed by atoms with Gasteiger partial charge < -0.3 is 10.1 Å². The molecule has 3 heteroatoms. The molecule has 0 amide bonds. The van der Waals surface area contributed by atoms with Crippen molar-refractivity contribution < 1.29 is 9.53 Å². The molecule has 0 spiro atoms. The molecule has 1 aliphatic heterocycles. The van der Waals surface area contributed by atoms with E-state index in [4.69, 9.17) is 4.74 Å². The Morgan fingerprint density at radius 2 is 1.94 bits per heavy atom. The van der Waals surface area contributed by atoms with Gasteiger partial charge in [0.25, 0.3) is 0 Å². The van der Waals surface area contributed by atoms with Crippen LogP contribution in [0.2, 0.25) is 0 Å². The van der Waals surface area contributed by atoms with Gasteiger partial charge in [0.05, 0.1) is 12.5 Å². The third kappa shape index (κ3) is 3.48. The molecule has 2 aliphatic rings. The van der Waals surface area contributed by atoms with Crippen molar-refractivity contribution >= 4 is 5.97 Å². The number of hydrogen-bond donors (Lipinski definition) is 1. The van der Waals surface area contributed by atoms with E-state index in [0.29, 0.717) is 12.5 Å². The monoisotopic (exact) mass is 225 g/mol. The lowest BCUT2D eigenvalue weighted by Gasteiger charge is -2.24. The molecule has 3 nitrogen and oxygen atoms in total. The van der Waals surface area contributed by atoms with Crippen LogP contribution in [0.1, 0.15) is 44.9 Å². The van der Waals surface area contributed by atoms with Gasteiger partial charge in [-0.15, -0.1) is 0 Å². The molecule has 0 unspecified atom stereocenters. The van der Waals surface area contributed by atoms with E-state index in [-0.39, 0.29) is 11.9 Å². The van der Waals surface area contributed by atoms with Crippen LogP contribution < -0.4 is 5.32 Å². The normalized spacial score (nSPS) is 27.6. The zero-order valence-corrected chi connectivity index (χ0v) is 10.0. The summed E-state index contributed by atoms with van der Waals surface area (Å²) in [6, 6.07) is 0. The van der Waals surface area contributed by atoms with Crippen LogP contribution in [0, 0.1) is 11.8 Å². The second-order valence-corrected chi connectivity index (χ2v) is 5.18. The van der Waals surface area contributed by atoms with Crippen LogP contribution in [0.4, 0.5) is 0 Å². The van der Waals surface area contributed by atoms with Crippen LogP contribution in [0.5, 0.6) is 0 Å². The average Bonchev–Trinajstić information content (AvgIpc) is 2.38. The van der Waals surface area contributed by atoms with Gasteiger partial charge in [0, 0.05) is 6.54 Å². The van der Waals surface area contributed by atoms with Crippen LogP contribution >= 0.6 is 0 Å². The van der Waals surface area contributed by atoms with Crippen molar-refractivity contribution in [2.75, 3.05) is 19.7 Å². The zero-order valence-electron chi connectivity index (χ0n) is 10.0. The highest BCUT2D eigenvalue weighted by atomic mass is 16.5. The highest BCUT2D eigenvalue weighted by Crippen LogP contribution is 2.24. The minimum absolute atomic E-state index is 0.0257. The SMILES string of the molecule is O=C(OCC1CCCCC1)[C@H]1CCCNC1. The van der Waals surface area contributed by atoms with Gasteiger partial charge in [-0.1, -0.05) is 19.3 Å². The highest BCUT2D eigenvalue weighted by molar-refractivity contribution is 5.72. The Bertz CT molecular complexity index is 218. The molecule has 1 N–H and O–H groups in total. The summed E-state index contributed by atoms with van der Waals surface area (Å²) in [6.45, 7) is 2.52. The lowest BCUT2D eigenvalue weighted by atomic mass is 9.90. The Labute approximate surface area is 97.9 Å². The number of carbonyl (C=O) groups excluding carboxylic acids is 1. The molecule has 0 aromatic heterocycles. The second kappa shape index (κ2) is 6.24. The Hall–Kier alpha value is -0.570. The van der Waals surface area contributed by atoms with E-state index in [2.05, 4.69) is 5.32 Å². The quantitative estimate of drug-likeness (QED) is 0.748. The maximum absolute atomic E-state index is 11.8. The van der Waals surface area contributed by atoms with Crippen molar-refractivity contribution in [3.63, 3.8) is 0 Å². The summed E-state index contributed by atoms with van der Waals surface area (Å²) in [5.41, 5.74) is 0. The van der Waals surface area contributed by atoms with Crippen molar-refractivity contribution in [1.29, 1.82) is 0 Å². The van der Waals surface area contributed by atoms with Gasteiger partial charge in [-0.2, -0.15) is 0 Å². The van der Waals surface area contributed by atoms with Crippen molar-refractivity contribution in [1.82, 2.24) is 5.32 Å². The number of nitrogens with one attached hydrogen (secondary N) is 1. The highest BCUT2D eigenvalue weighted by Gasteiger charge is 2.23. The third-order valence-corrected chi connectivity index (χ3v) is 3.82. The largest absolute Gasteiger partial charge is 0.465 e. The summed E-state index contributed by atoms with van der Waals surface area (Å²) in [6.07, 6.45) is 8.57. The lowest BCUT2D eigenvalue weighted by molar-refractivity contribution is -0.150. The van der Waals surface area contributed by atoms with E-state index >= 15 is 0 Å². The fraction of sp³-hybridized carbons (Fsp3) is 0.923.